The Morgan fingerprint density at radius 3 is 1.82 bits per heavy atom. The standard InChI is InChI=1S/C23H19NO4/c1-16(22(26)24-20-10-6-3-7-11-20)28-23(27)19-14-12-18(13-15-19)21(25)17-8-4-2-5-9-17/h2-16H,1H3,(H,24,26)/t16-/m1/s1. The van der Waals surface area contributed by atoms with Crippen molar-refractivity contribution in [1.82, 2.24) is 0 Å². The average Bonchev–Trinajstić information content (AvgIpc) is 2.74. The lowest BCUT2D eigenvalue weighted by atomic mass is 10.0. The molecular formula is C23H19NO4. The van der Waals surface area contributed by atoms with Gasteiger partial charge in [0.05, 0.1) is 5.56 Å². The van der Waals surface area contributed by atoms with Crippen molar-refractivity contribution in [3.8, 4) is 0 Å². The van der Waals surface area contributed by atoms with E-state index < -0.39 is 18.0 Å². The number of anilines is 1. The number of rotatable bonds is 6. The van der Waals surface area contributed by atoms with Crippen molar-refractivity contribution in [2.45, 2.75) is 13.0 Å². The predicted molar refractivity (Wildman–Crippen MR) is 106 cm³/mol. The number of ketones is 1. The Bertz CT molecular complexity index is 967. The zero-order valence-electron chi connectivity index (χ0n) is 15.3. The van der Waals surface area contributed by atoms with Gasteiger partial charge in [0.2, 0.25) is 0 Å². The molecule has 28 heavy (non-hydrogen) atoms. The van der Waals surface area contributed by atoms with Crippen molar-refractivity contribution >= 4 is 23.3 Å². The van der Waals surface area contributed by atoms with Gasteiger partial charge in [0.25, 0.3) is 5.91 Å². The number of nitrogens with one attached hydrogen (secondary N) is 1. The van der Waals surface area contributed by atoms with Gasteiger partial charge >= 0.3 is 5.97 Å². The second-order valence-corrected chi connectivity index (χ2v) is 6.18. The molecule has 1 amide bonds. The van der Waals surface area contributed by atoms with E-state index in [4.69, 9.17) is 4.74 Å². The first-order chi connectivity index (χ1) is 13.5. The first-order valence-electron chi connectivity index (χ1n) is 8.81. The predicted octanol–water partition coefficient (Wildman–Crippen LogP) is 4.10. The highest BCUT2D eigenvalue weighted by Gasteiger charge is 2.19. The normalized spacial score (nSPS) is 11.3. The molecule has 3 rings (SSSR count). The molecule has 5 heteroatoms. The molecule has 3 aromatic carbocycles. The number of carbonyl (C=O) groups excluding carboxylic acids is 3. The largest absolute Gasteiger partial charge is 0.449 e. The number of benzene rings is 3. The molecule has 0 aliphatic heterocycles. The molecule has 3 aromatic rings. The Labute approximate surface area is 163 Å². The van der Waals surface area contributed by atoms with Gasteiger partial charge in [-0.25, -0.2) is 4.79 Å². The quantitative estimate of drug-likeness (QED) is 0.521. The van der Waals surface area contributed by atoms with E-state index in [1.165, 1.54) is 19.1 Å². The second kappa shape index (κ2) is 8.77. The summed E-state index contributed by atoms with van der Waals surface area (Å²) >= 11 is 0. The number of para-hydroxylation sites is 1. The van der Waals surface area contributed by atoms with E-state index in [1.54, 1.807) is 60.7 Å². The van der Waals surface area contributed by atoms with Crippen LogP contribution in [0.5, 0.6) is 0 Å². The van der Waals surface area contributed by atoms with Crippen molar-refractivity contribution in [3.63, 3.8) is 0 Å². The molecule has 0 saturated carbocycles. The van der Waals surface area contributed by atoms with E-state index in [0.29, 0.717) is 16.8 Å². The fourth-order valence-electron chi connectivity index (χ4n) is 2.56. The van der Waals surface area contributed by atoms with E-state index in [-0.39, 0.29) is 11.3 Å². The molecule has 0 unspecified atom stereocenters. The van der Waals surface area contributed by atoms with Crippen molar-refractivity contribution in [2.24, 2.45) is 0 Å². The molecule has 0 bridgehead atoms. The Hall–Kier alpha value is -3.73. The first-order valence-corrected chi connectivity index (χ1v) is 8.81. The SMILES string of the molecule is C[C@@H](OC(=O)c1ccc(C(=O)c2ccccc2)cc1)C(=O)Nc1ccccc1. The average molecular weight is 373 g/mol. The fraction of sp³-hybridized carbons (Fsp3) is 0.0870. The van der Waals surface area contributed by atoms with Gasteiger partial charge in [0, 0.05) is 16.8 Å². The molecule has 0 heterocycles. The molecule has 0 fully saturated rings. The molecule has 1 N–H and O–H groups in total. The first kappa shape index (κ1) is 19.0. The highest BCUT2D eigenvalue weighted by atomic mass is 16.5. The van der Waals surface area contributed by atoms with Gasteiger partial charge in [-0.3, -0.25) is 9.59 Å². The third-order valence-electron chi connectivity index (χ3n) is 4.11. The summed E-state index contributed by atoms with van der Waals surface area (Å²) in [4.78, 5) is 36.8. The third-order valence-corrected chi connectivity index (χ3v) is 4.11. The van der Waals surface area contributed by atoms with Gasteiger partial charge in [-0.05, 0) is 31.2 Å². The molecule has 1 atom stereocenters. The van der Waals surface area contributed by atoms with Crippen LogP contribution in [-0.4, -0.2) is 23.8 Å². The van der Waals surface area contributed by atoms with E-state index >= 15 is 0 Å². The van der Waals surface area contributed by atoms with Crippen molar-refractivity contribution in [3.05, 3.63) is 102 Å². The lowest BCUT2D eigenvalue weighted by molar-refractivity contribution is -0.123. The van der Waals surface area contributed by atoms with Crippen LogP contribution in [0.2, 0.25) is 0 Å². The molecule has 0 radical (unpaired) electrons. The van der Waals surface area contributed by atoms with Crippen LogP contribution in [0.1, 0.15) is 33.2 Å². The molecule has 0 aromatic heterocycles. The van der Waals surface area contributed by atoms with E-state index in [9.17, 15) is 14.4 Å². The molecule has 0 aliphatic rings. The second-order valence-electron chi connectivity index (χ2n) is 6.18. The summed E-state index contributed by atoms with van der Waals surface area (Å²) in [6.45, 7) is 1.50. The Morgan fingerprint density at radius 2 is 1.21 bits per heavy atom. The van der Waals surface area contributed by atoms with Gasteiger partial charge in [-0.15, -0.1) is 0 Å². The number of ether oxygens (including phenoxy) is 1. The Kier molecular flexibility index (Phi) is 5.97. The summed E-state index contributed by atoms with van der Waals surface area (Å²) in [5, 5.41) is 2.68. The number of carbonyl (C=O) groups is 3. The van der Waals surface area contributed by atoms with Gasteiger partial charge in [0.1, 0.15) is 0 Å². The monoisotopic (exact) mass is 373 g/mol. The van der Waals surface area contributed by atoms with Gasteiger partial charge in [-0.1, -0.05) is 60.7 Å². The maximum atomic E-state index is 12.4. The summed E-state index contributed by atoms with van der Waals surface area (Å²) in [7, 11) is 0. The minimum Gasteiger partial charge on any atom is -0.449 e. The van der Waals surface area contributed by atoms with Crippen LogP contribution >= 0.6 is 0 Å². The molecule has 0 aliphatic carbocycles. The van der Waals surface area contributed by atoms with Crippen LogP contribution in [0.15, 0.2) is 84.9 Å². The van der Waals surface area contributed by atoms with E-state index in [2.05, 4.69) is 5.32 Å². The van der Waals surface area contributed by atoms with Gasteiger partial charge in [0.15, 0.2) is 11.9 Å². The van der Waals surface area contributed by atoms with Gasteiger partial charge < -0.3 is 10.1 Å². The smallest absolute Gasteiger partial charge is 0.338 e. The topological polar surface area (TPSA) is 72.5 Å². The fourth-order valence-corrected chi connectivity index (χ4v) is 2.56. The molecular weight excluding hydrogens is 354 g/mol. The van der Waals surface area contributed by atoms with Crippen LogP contribution in [0.4, 0.5) is 5.69 Å². The lowest BCUT2D eigenvalue weighted by Crippen LogP contribution is -2.30. The number of hydrogen-bond donors (Lipinski definition) is 1. The van der Waals surface area contributed by atoms with Crippen LogP contribution in [0.3, 0.4) is 0 Å². The van der Waals surface area contributed by atoms with Crippen molar-refractivity contribution < 1.29 is 19.1 Å². The number of amides is 1. The zero-order chi connectivity index (χ0) is 19.9. The molecule has 5 nitrogen and oxygen atoms in total. The summed E-state index contributed by atoms with van der Waals surface area (Å²) in [5.41, 5.74) is 1.93. The lowest BCUT2D eigenvalue weighted by Gasteiger charge is -2.13. The Morgan fingerprint density at radius 1 is 0.714 bits per heavy atom. The summed E-state index contributed by atoms with van der Waals surface area (Å²) in [5.74, 6) is -1.18. The van der Waals surface area contributed by atoms with Crippen LogP contribution in [0.25, 0.3) is 0 Å². The third kappa shape index (κ3) is 4.71. The zero-order valence-corrected chi connectivity index (χ0v) is 15.3. The molecule has 0 spiro atoms. The summed E-state index contributed by atoms with van der Waals surface area (Å²) in [6, 6.07) is 24.0. The molecule has 0 saturated heterocycles. The number of esters is 1. The van der Waals surface area contributed by atoms with Crippen molar-refractivity contribution in [1.29, 1.82) is 0 Å². The van der Waals surface area contributed by atoms with E-state index in [0.717, 1.165) is 0 Å². The number of hydrogen-bond acceptors (Lipinski definition) is 4. The van der Waals surface area contributed by atoms with E-state index in [1.807, 2.05) is 12.1 Å². The van der Waals surface area contributed by atoms with Gasteiger partial charge in [-0.2, -0.15) is 0 Å². The maximum absolute atomic E-state index is 12.4. The Balaban J connectivity index is 1.61. The van der Waals surface area contributed by atoms with Crippen LogP contribution in [-0.2, 0) is 9.53 Å². The molecule has 140 valence electrons. The highest BCUT2D eigenvalue weighted by molar-refractivity contribution is 6.09. The maximum Gasteiger partial charge on any atom is 0.338 e. The minimum atomic E-state index is -0.960. The summed E-state index contributed by atoms with van der Waals surface area (Å²) in [6.07, 6.45) is -0.960. The van der Waals surface area contributed by atoms with Crippen LogP contribution < -0.4 is 5.32 Å². The van der Waals surface area contributed by atoms with Crippen molar-refractivity contribution in [2.75, 3.05) is 5.32 Å². The minimum absolute atomic E-state index is 0.129. The van der Waals surface area contributed by atoms with Crippen LogP contribution in [0, 0.1) is 0 Å². The highest BCUT2D eigenvalue weighted by Crippen LogP contribution is 2.13. The summed E-state index contributed by atoms with van der Waals surface area (Å²) < 4.78 is 5.22.